The number of anilines is 1. The van der Waals surface area contributed by atoms with Gasteiger partial charge in [0.05, 0.1) is 25.6 Å². The number of likely N-dealkylation sites (tertiary alicyclic amines) is 1. The molecule has 2 unspecified atom stereocenters. The molecule has 154 valence electrons. The van der Waals surface area contributed by atoms with Crippen LogP contribution in [0.4, 0.5) is 5.69 Å². The number of benzene rings is 1. The van der Waals surface area contributed by atoms with Crippen molar-refractivity contribution in [2.75, 3.05) is 37.9 Å². The predicted octanol–water partition coefficient (Wildman–Crippen LogP) is 3.50. The first kappa shape index (κ1) is 18.1. The number of para-hydroxylation sites is 1. The van der Waals surface area contributed by atoms with Crippen LogP contribution in [0.3, 0.4) is 0 Å². The Bertz CT molecular complexity index is 849. The third-order valence-corrected chi connectivity index (χ3v) is 8.05. The zero-order chi connectivity index (χ0) is 19.6. The minimum atomic E-state index is -1.25. The summed E-state index contributed by atoms with van der Waals surface area (Å²) in [6, 6.07) is 8.02. The SMILES string of the molecule is CC1CCN(CN2C(=O)C3(OCC4(CO3)CC3C=CC4C3)c3ccccc32)CC1. The molecule has 6 rings (SSSR count). The lowest BCUT2D eigenvalue weighted by molar-refractivity contribution is -0.295. The van der Waals surface area contributed by atoms with Crippen molar-refractivity contribution in [3.63, 3.8) is 0 Å². The molecule has 2 spiro atoms. The summed E-state index contributed by atoms with van der Waals surface area (Å²) < 4.78 is 12.9. The molecule has 1 aromatic rings. The Labute approximate surface area is 172 Å². The van der Waals surface area contributed by atoms with E-state index in [1.165, 1.54) is 19.3 Å². The van der Waals surface area contributed by atoms with Gasteiger partial charge in [0.2, 0.25) is 0 Å². The summed E-state index contributed by atoms with van der Waals surface area (Å²) in [6.07, 6.45) is 9.41. The molecule has 5 heteroatoms. The van der Waals surface area contributed by atoms with E-state index < -0.39 is 5.79 Å². The van der Waals surface area contributed by atoms with Crippen LogP contribution in [0.2, 0.25) is 0 Å². The van der Waals surface area contributed by atoms with Gasteiger partial charge in [-0.05, 0) is 49.5 Å². The lowest BCUT2D eigenvalue weighted by atomic mass is 9.76. The van der Waals surface area contributed by atoms with E-state index in [9.17, 15) is 4.79 Å². The van der Waals surface area contributed by atoms with Gasteiger partial charge in [-0.1, -0.05) is 37.3 Å². The quantitative estimate of drug-likeness (QED) is 0.720. The molecule has 2 saturated heterocycles. The molecule has 2 aliphatic carbocycles. The molecule has 3 heterocycles. The largest absolute Gasteiger partial charge is 0.338 e. The fourth-order valence-corrected chi connectivity index (χ4v) is 6.17. The topological polar surface area (TPSA) is 42.0 Å². The van der Waals surface area contributed by atoms with E-state index in [-0.39, 0.29) is 11.3 Å². The number of rotatable bonds is 2. The van der Waals surface area contributed by atoms with Crippen LogP contribution in [0.15, 0.2) is 36.4 Å². The molecule has 5 nitrogen and oxygen atoms in total. The van der Waals surface area contributed by atoms with Gasteiger partial charge in [0.25, 0.3) is 11.7 Å². The van der Waals surface area contributed by atoms with Gasteiger partial charge in [-0.3, -0.25) is 14.6 Å². The van der Waals surface area contributed by atoms with Gasteiger partial charge < -0.3 is 9.47 Å². The van der Waals surface area contributed by atoms with Crippen LogP contribution in [0, 0.1) is 23.2 Å². The van der Waals surface area contributed by atoms with Crippen molar-refractivity contribution in [1.29, 1.82) is 0 Å². The van der Waals surface area contributed by atoms with Crippen LogP contribution in [0.1, 0.15) is 38.2 Å². The number of ether oxygens (including phenoxy) is 2. The van der Waals surface area contributed by atoms with Crippen molar-refractivity contribution in [1.82, 2.24) is 4.90 Å². The summed E-state index contributed by atoms with van der Waals surface area (Å²) in [6.45, 7) is 6.23. The van der Waals surface area contributed by atoms with E-state index >= 15 is 0 Å². The molecule has 0 radical (unpaired) electrons. The predicted molar refractivity (Wildman–Crippen MR) is 110 cm³/mol. The summed E-state index contributed by atoms with van der Waals surface area (Å²) in [5, 5.41) is 0. The minimum Gasteiger partial charge on any atom is -0.338 e. The van der Waals surface area contributed by atoms with Crippen molar-refractivity contribution in [3.8, 4) is 0 Å². The number of hydrogen-bond donors (Lipinski definition) is 0. The number of amides is 1. The normalized spacial score (nSPS) is 39.2. The van der Waals surface area contributed by atoms with E-state index in [2.05, 4.69) is 24.0 Å². The summed E-state index contributed by atoms with van der Waals surface area (Å²) in [5.41, 5.74) is 1.87. The minimum absolute atomic E-state index is 0.0501. The maximum atomic E-state index is 13.7. The molecule has 0 N–H and O–H groups in total. The monoisotopic (exact) mass is 394 g/mol. The first-order valence-corrected chi connectivity index (χ1v) is 11.2. The van der Waals surface area contributed by atoms with Crippen molar-refractivity contribution in [2.24, 2.45) is 23.2 Å². The molecule has 3 aliphatic heterocycles. The first-order valence-electron chi connectivity index (χ1n) is 11.2. The van der Waals surface area contributed by atoms with E-state index in [0.717, 1.165) is 36.7 Å². The zero-order valence-electron chi connectivity index (χ0n) is 17.2. The van der Waals surface area contributed by atoms with Gasteiger partial charge in [-0.15, -0.1) is 0 Å². The van der Waals surface area contributed by atoms with Gasteiger partial charge in [-0.25, -0.2) is 0 Å². The highest BCUT2D eigenvalue weighted by Crippen LogP contribution is 2.57. The molecule has 2 atom stereocenters. The third-order valence-electron chi connectivity index (χ3n) is 8.05. The summed E-state index contributed by atoms with van der Waals surface area (Å²) in [5.74, 6) is 0.659. The maximum Gasteiger partial charge on any atom is 0.293 e. The number of carbonyl (C=O) groups is 1. The summed E-state index contributed by atoms with van der Waals surface area (Å²) >= 11 is 0. The van der Waals surface area contributed by atoms with Gasteiger partial charge in [0, 0.05) is 24.1 Å². The first-order chi connectivity index (χ1) is 14.1. The van der Waals surface area contributed by atoms with Crippen LogP contribution >= 0.6 is 0 Å². The molecule has 29 heavy (non-hydrogen) atoms. The second-order valence-electron chi connectivity index (χ2n) is 9.94. The molecule has 1 saturated carbocycles. The van der Waals surface area contributed by atoms with Gasteiger partial charge in [-0.2, -0.15) is 0 Å². The Kier molecular flexibility index (Phi) is 4.00. The second-order valence-corrected chi connectivity index (χ2v) is 9.94. The van der Waals surface area contributed by atoms with Crippen LogP contribution in [-0.2, 0) is 20.1 Å². The fraction of sp³-hybridized carbons (Fsp3) is 0.625. The molecule has 1 aromatic carbocycles. The smallest absolute Gasteiger partial charge is 0.293 e. The van der Waals surface area contributed by atoms with E-state index in [1.54, 1.807) is 0 Å². The van der Waals surface area contributed by atoms with Crippen molar-refractivity contribution in [2.45, 2.75) is 38.4 Å². The van der Waals surface area contributed by atoms with Crippen molar-refractivity contribution in [3.05, 3.63) is 42.0 Å². The van der Waals surface area contributed by atoms with E-state index in [0.29, 0.717) is 31.7 Å². The number of nitrogens with zero attached hydrogens (tertiary/aromatic N) is 2. The summed E-state index contributed by atoms with van der Waals surface area (Å²) in [7, 11) is 0. The third kappa shape index (κ3) is 2.60. The van der Waals surface area contributed by atoms with Gasteiger partial charge in [0.15, 0.2) is 0 Å². The Balaban J connectivity index is 1.27. The van der Waals surface area contributed by atoms with Crippen molar-refractivity contribution >= 4 is 11.6 Å². The van der Waals surface area contributed by atoms with E-state index in [1.807, 2.05) is 29.2 Å². The number of carbonyl (C=O) groups excluding carboxylic acids is 1. The van der Waals surface area contributed by atoms with Crippen LogP contribution in [-0.4, -0.2) is 43.8 Å². The molecular formula is C24H30N2O3. The molecule has 3 fully saturated rings. The Hall–Kier alpha value is -1.69. The molecule has 5 aliphatic rings. The number of allylic oxidation sites excluding steroid dienone is 2. The number of piperidine rings is 1. The standard InChI is InChI=1S/C24H30N2O3/c1-17-8-10-25(11-9-17)16-26-21-5-3-2-4-20(21)24(22(26)27)28-14-23(15-29-24)13-18-6-7-19(23)12-18/h2-7,17-19H,8-16H2,1H3. The zero-order valence-corrected chi connectivity index (χ0v) is 17.2. The highest BCUT2D eigenvalue weighted by molar-refractivity contribution is 6.06. The lowest BCUT2D eigenvalue weighted by Gasteiger charge is -2.45. The molecule has 1 amide bonds. The average Bonchev–Trinajstić information content (AvgIpc) is 3.40. The lowest BCUT2D eigenvalue weighted by Crippen LogP contribution is -2.55. The van der Waals surface area contributed by atoms with Crippen molar-refractivity contribution < 1.29 is 14.3 Å². The number of hydrogen-bond acceptors (Lipinski definition) is 4. The fourth-order valence-electron chi connectivity index (χ4n) is 6.17. The van der Waals surface area contributed by atoms with E-state index in [4.69, 9.17) is 9.47 Å². The maximum absolute atomic E-state index is 13.7. The second kappa shape index (κ2) is 6.40. The molecular weight excluding hydrogens is 364 g/mol. The van der Waals surface area contributed by atoms with Crippen LogP contribution in [0.5, 0.6) is 0 Å². The number of fused-ring (bicyclic) bond motifs is 5. The highest BCUT2D eigenvalue weighted by atomic mass is 16.7. The molecule has 2 bridgehead atoms. The van der Waals surface area contributed by atoms with Crippen LogP contribution < -0.4 is 4.90 Å². The Morgan fingerprint density at radius 1 is 1.10 bits per heavy atom. The Morgan fingerprint density at radius 2 is 1.86 bits per heavy atom. The molecule has 0 aromatic heterocycles. The van der Waals surface area contributed by atoms with Crippen LogP contribution in [0.25, 0.3) is 0 Å². The average molecular weight is 395 g/mol. The van der Waals surface area contributed by atoms with Gasteiger partial charge in [0.1, 0.15) is 0 Å². The van der Waals surface area contributed by atoms with Gasteiger partial charge >= 0.3 is 0 Å². The summed E-state index contributed by atoms with van der Waals surface area (Å²) in [4.78, 5) is 18.0. The Morgan fingerprint density at radius 3 is 2.55 bits per heavy atom. The highest BCUT2D eigenvalue weighted by Gasteiger charge is 2.61.